The van der Waals surface area contributed by atoms with E-state index in [1.807, 2.05) is 40.7 Å². The van der Waals surface area contributed by atoms with Gasteiger partial charge < -0.3 is 10.6 Å². The van der Waals surface area contributed by atoms with E-state index in [0.717, 1.165) is 5.69 Å². The highest BCUT2D eigenvalue weighted by Gasteiger charge is 2.25. The Hall–Kier alpha value is -2.05. The molecule has 0 atom stereocenters. The molecule has 0 saturated heterocycles. The third-order valence-corrected chi connectivity index (χ3v) is 3.47. The third kappa shape index (κ3) is 6.76. The van der Waals surface area contributed by atoms with Crippen molar-refractivity contribution in [3.8, 4) is 0 Å². The summed E-state index contributed by atoms with van der Waals surface area (Å²) in [7, 11) is 0. The number of carbonyl (C=O) groups excluding carboxylic acids is 2. The molecule has 0 aliphatic carbocycles. The summed E-state index contributed by atoms with van der Waals surface area (Å²) in [6.07, 6.45) is 0. The Morgan fingerprint density at radius 1 is 1.12 bits per heavy atom. The molecule has 142 valence electrons. The summed E-state index contributed by atoms with van der Waals surface area (Å²) in [5.74, 6) is 0.774. The van der Waals surface area contributed by atoms with Crippen LogP contribution in [-0.2, 0) is 15.7 Å². The predicted molar refractivity (Wildman–Crippen MR) is 101 cm³/mol. The summed E-state index contributed by atoms with van der Waals surface area (Å²) in [4.78, 5) is 23.8. The second kappa shape index (κ2) is 7.89. The molecular formula is C18H33N5O2. The first-order valence-corrected chi connectivity index (χ1v) is 8.73. The van der Waals surface area contributed by atoms with Crippen molar-refractivity contribution < 1.29 is 9.59 Å². The van der Waals surface area contributed by atoms with Crippen molar-refractivity contribution in [1.82, 2.24) is 20.4 Å². The lowest BCUT2D eigenvalue weighted by Crippen LogP contribution is -2.40. The van der Waals surface area contributed by atoms with Crippen molar-refractivity contribution in [2.45, 2.75) is 66.3 Å². The van der Waals surface area contributed by atoms with Gasteiger partial charge in [-0.2, -0.15) is 5.10 Å². The fraction of sp³-hybridized carbons (Fsp3) is 0.722. The summed E-state index contributed by atoms with van der Waals surface area (Å²) in [5.41, 5.74) is 0.494. The van der Waals surface area contributed by atoms with Crippen molar-refractivity contribution in [1.29, 1.82) is 0 Å². The normalized spacial score (nSPS) is 12.2. The lowest BCUT2D eigenvalue weighted by Gasteiger charge is -2.23. The van der Waals surface area contributed by atoms with Crippen LogP contribution in [0.5, 0.6) is 0 Å². The standard InChI is InChI=1S/C18H33N5O2/c1-12(2)10-19-15(24)11-20-16(25)21-14-9-13(17(3,4)5)22-23(14)18(6,7)8/h9,12H,10-11H2,1-8H3,(H,19,24)(H2,20,21,25). The van der Waals surface area contributed by atoms with Gasteiger partial charge in [-0.3, -0.25) is 10.1 Å². The highest BCUT2D eigenvalue weighted by atomic mass is 16.2. The average molecular weight is 351 g/mol. The van der Waals surface area contributed by atoms with E-state index < -0.39 is 6.03 Å². The van der Waals surface area contributed by atoms with Crippen LogP contribution in [-0.4, -0.2) is 34.8 Å². The van der Waals surface area contributed by atoms with Crippen LogP contribution in [0.15, 0.2) is 6.07 Å². The molecule has 0 spiro atoms. The molecule has 7 nitrogen and oxygen atoms in total. The van der Waals surface area contributed by atoms with Crippen LogP contribution in [0, 0.1) is 5.92 Å². The Balaban J connectivity index is 2.76. The number of nitrogens with zero attached hydrogens (tertiary/aromatic N) is 2. The van der Waals surface area contributed by atoms with E-state index in [9.17, 15) is 9.59 Å². The molecule has 0 unspecified atom stereocenters. The minimum atomic E-state index is -0.425. The monoisotopic (exact) mass is 351 g/mol. The number of hydrogen-bond acceptors (Lipinski definition) is 3. The predicted octanol–water partition coefficient (Wildman–Crippen LogP) is 2.83. The quantitative estimate of drug-likeness (QED) is 0.762. The SMILES string of the molecule is CC(C)CNC(=O)CNC(=O)Nc1cc(C(C)(C)C)nn1C(C)(C)C. The third-order valence-electron chi connectivity index (χ3n) is 3.47. The minimum Gasteiger partial charge on any atom is -0.354 e. The molecule has 3 amide bonds. The molecule has 0 radical (unpaired) electrons. The second-order valence-electron chi connectivity index (χ2n) is 8.75. The van der Waals surface area contributed by atoms with Gasteiger partial charge in [0.25, 0.3) is 0 Å². The zero-order valence-electron chi connectivity index (χ0n) is 16.8. The van der Waals surface area contributed by atoms with Crippen molar-refractivity contribution in [3.05, 3.63) is 11.8 Å². The molecule has 1 rings (SSSR count). The molecule has 0 saturated carbocycles. The Labute approximate surface area is 150 Å². The van der Waals surface area contributed by atoms with Gasteiger partial charge >= 0.3 is 6.03 Å². The van der Waals surface area contributed by atoms with E-state index in [4.69, 9.17) is 0 Å². The Morgan fingerprint density at radius 3 is 2.20 bits per heavy atom. The van der Waals surface area contributed by atoms with Crippen LogP contribution in [0.1, 0.15) is 61.1 Å². The zero-order valence-corrected chi connectivity index (χ0v) is 16.8. The molecule has 1 heterocycles. The van der Waals surface area contributed by atoms with Crippen LogP contribution in [0.2, 0.25) is 0 Å². The van der Waals surface area contributed by atoms with Crippen LogP contribution >= 0.6 is 0 Å². The van der Waals surface area contributed by atoms with E-state index >= 15 is 0 Å². The van der Waals surface area contributed by atoms with Gasteiger partial charge in [0.15, 0.2) is 0 Å². The Kier molecular flexibility index (Phi) is 6.62. The molecule has 7 heteroatoms. The molecule has 1 aromatic heterocycles. The number of urea groups is 1. The van der Waals surface area contributed by atoms with E-state index in [2.05, 4.69) is 41.8 Å². The van der Waals surface area contributed by atoms with Crippen molar-refractivity contribution in [2.24, 2.45) is 5.92 Å². The van der Waals surface area contributed by atoms with Gasteiger partial charge in [-0.05, 0) is 26.7 Å². The van der Waals surface area contributed by atoms with E-state index in [-0.39, 0.29) is 23.4 Å². The maximum Gasteiger partial charge on any atom is 0.320 e. The highest BCUT2D eigenvalue weighted by Crippen LogP contribution is 2.28. The van der Waals surface area contributed by atoms with Crippen LogP contribution in [0.25, 0.3) is 0 Å². The lowest BCUT2D eigenvalue weighted by molar-refractivity contribution is -0.120. The lowest BCUT2D eigenvalue weighted by atomic mass is 9.92. The molecule has 0 aromatic carbocycles. The van der Waals surface area contributed by atoms with Crippen LogP contribution in [0.4, 0.5) is 10.6 Å². The summed E-state index contributed by atoms with van der Waals surface area (Å²) in [6, 6.07) is 1.45. The fourth-order valence-corrected chi connectivity index (χ4v) is 2.05. The van der Waals surface area contributed by atoms with Gasteiger partial charge in [0.05, 0.1) is 17.8 Å². The van der Waals surface area contributed by atoms with E-state index in [1.54, 1.807) is 4.68 Å². The summed E-state index contributed by atoms with van der Waals surface area (Å²) < 4.78 is 1.80. The highest BCUT2D eigenvalue weighted by molar-refractivity contribution is 5.91. The first-order chi connectivity index (χ1) is 11.3. The minimum absolute atomic E-state index is 0.0612. The second-order valence-corrected chi connectivity index (χ2v) is 8.75. The number of aromatic nitrogens is 2. The Bertz CT molecular complexity index is 606. The number of nitrogens with one attached hydrogen (secondary N) is 3. The molecule has 0 fully saturated rings. The van der Waals surface area contributed by atoms with Gasteiger partial charge in [-0.15, -0.1) is 0 Å². The number of anilines is 1. The summed E-state index contributed by atoms with van der Waals surface area (Å²) in [5, 5.41) is 12.8. The van der Waals surface area contributed by atoms with Gasteiger partial charge in [0, 0.05) is 18.0 Å². The zero-order chi connectivity index (χ0) is 19.4. The molecule has 0 aliphatic rings. The van der Waals surface area contributed by atoms with E-state index in [1.165, 1.54) is 0 Å². The van der Waals surface area contributed by atoms with Gasteiger partial charge in [0.1, 0.15) is 5.82 Å². The molecule has 25 heavy (non-hydrogen) atoms. The summed E-state index contributed by atoms with van der Waals surface area (Å²) >= 11 is 0. The molecular weight excluding hydrogens is 318 g/mol. The topological polar surface area (TPSA) is 88.1 Å². The van der Waals surface area contributed by atoms with Crippen molar-refractivity contribution in [2.75, 3.05) is 18.4 Å². The number of hydrogen-bond donors (Lipinski definition) is 3. The maximum absolute atomic E-state index is 12.1. The van der Waals surface area contributed by atoms with Gasteiger partial charge in [-0.1, -0.05) is 34.6 Å². The molecule has 0 bridgehead atoms. The van der Waals surface area contributed by atoms with Gasteiger partial charge in [0.2, 0.25) is 5.91 Å². The summed E-state index contributed by atoms with van der Waals surface area (Å²) in [6.45, 7) is 16.9. The maximum atomic E-state index is 12.1. The van der Waals surface area contributed by atoms with Crippen molar-refractivity contribution in [3.63, 3.8) is 0 Å². The van der Waals surface area contributed by atoms with Crippen molar-refractivity contribution >= 4 is 17.8 Å². The van der Waals surface area contributed by atoms with E-state index in [0.29, 0.717) is 18.3 Å². The smallest absolute Gasteiger partial charge is 0.320 e. The van der Waals surface area contributed by atoms with Crippen LogP contribution < -0.4 is 16.0 Å². The molecule has 0 aliphatic heterocycles. The first kappa shape index (κ1) is 21.0. The molecule has 1 aromatic rings. The fourth-order valence-electron chi connectivity index (χ4n) is 2.05. The molecule has 3 N–H and O–H groups in total. The largest absolute Gasteiger partial charge is 0.354 e. The van der Waals surface area contributed by atoms with Crippen LogP contribution in [0.3, 0.4) is 0 Å². The Morgan fingerprint density at radius 2 is 1.72 bits per heavy atom. The average Bonchev–Trinajstić information content (AvgIpc) is 2.86. The number of amides is 3. The first-order valence-electron chi connectivity index (χ1n) is 8.73. The number of carbonyl (C=O) groups is 2. The number of rotatable bonds is 5. The van der Waals surface area contributed by atoms with Gasteiger partial charge in [-0.25, -0.2) is 9.48 Å².